The maximum atomic E-state index is 14.1. The molecule has 106 valence electrons. The van der Waals surface area contributed by atoms with E-state index in [-0.39, 0.29) is 6.10 Å². The van der Waals surface area contributed by atoms with Crippen LogP contribution in [0, 0.1) is 11.7 Å². The third-order valence-corrected chi connectivity index (χ3v) is 4.02. The van der Waals surface area contributed by atoms with Crippen molar-refractivity contribution in [1.29, 1.82) is 0 Å². The molecule has 1 aromatic rings. The number of ether oxygens (including phenoxy) is 3. The van der Waals surface area contributed by atoms with Crippen molar-refractivity contribution in [2.45, 2.75) is 24.8 Å². The van der Waals surface area contributed by atoms with Crippen molar-refractivity contribution in [1.82, 2.24) is 0 Å². The molecule has 5 heteroatoms. The van der Waals surface area contributed by atoms with E-state index in [0.717, 1.165) is 6.42 Å². The van der Waals surface area contributed by atoms with Gasteiger partial charge in [-0.2, -0.15) is 0 Å². The van der Waals surface area contributed by atoms with E-state index in [1.54, 1.807) is 6.07 Å². The van der Waals surface area contributed by atoms with Gasteiger partial charge >= 0.3 is 0 Å². The summed E-state index contributed by atoms with van der Waals surface area (Å²) in [4.78, 5) is 0. The van der Waals surface area contributed by atoms with E-state index in [1.807, 2.05) is 0 Å². The van der Waals surface area contributed by atoms with E-state index >= 15 is 0 Å². The van der Waals surface area contributed by atoms with E-state index in [2.05, 4.69) is 6.92 Å². The number of hydrogen-bond acceptors (Lipinski definition) is 3. The molecule has 1 aliphatic heterocycles. The highest BCUT2D eigenvalue weighted by atomic mass is 35.5. The molecule has 0 spiro atoms. The van der Waals surface area contributed by atoms with Gasteiger partial charge < -0.3 is 14.2 Å². The van der Waals surface area contributed by atoms with Crippen molar-refractivity contribution in [3.63, 3.8) is 0 Å². The van der Waals surface area contributed by atoms with Gasteiger partial charge in [0.05, 0.1) is 25.7 Å². The molecule has 1 heterocycles. The van der Waals surface area contributed by atoms with Gasteiger partial charge in [-0.15, -0.1) is 11.6 Å². The van der Waals surface area contributed by atoms with Crippen LogP contribution in [0.4, 0.5) is 4.39 Å². The van der Waals surface area contributed by atoms with Crippen molar-refractivity contribution in [3.8, 4) is 11.5 Å². The van der Waals surface area contributed by atoms with Crippen LogP contribution >= 0.6 is 11.6 Å². The lowest BCUT2D eigenvalue weighted by Crippen LogP contribution is -2.20. The highest BCUT2D eigenvalue weighted by molar-refractivity contribution is 6.21. The number of halogens is 2. The zero-order chi connectivity index (χ0) is 14.0. The van der Waals surface area contributed by atoms with Crippen LogP contribution in [0.25, 0.3) is 0 Å². The van der Waals surface area contributed by atoms with Crippen LogP contribution in [0.3, 0.4) is 0 Å². The third-order valence-electron chi connectivity index (χ3n) is 3.53. The van der Waals surface area contributed by atoms with Gasteiger partial charge in [0, 0.05) is 18.2 Å². The van der Waals surface area contributed by atoms with Crippen LogP contribution < -0.4 is 9.47 Å². The average Bonchev–Trinajstić information content (AvgIpc) is 2.83. The first-order chi connectivity index (χ1) is 9.08. The Hall–Kier alpha value is -1.00. The van der Waals surface area contributed by atoms with Crippen LogP contribution in [-0.4, -0.2) is 26.9 Å². The molecule has 3 unspecified atom stereocenters. The fraction of sp³-hybridized carbons (Fsp3) is 0.571. The SMILES string of the molecule is COc1cc(F)c(C(Cl)C2OCCC2C)cc1OC. The predicted molar refractivity (Wildman–Crippen MR) is 71.6 cm³/mol. The van der Waals surface area contributed by atoms with Crippen molar-refractivity contribution in [2.75, 3.05) is 20.8 Å². The predicted octanol–water partition coefficient (Wildman–Crippen LogP) is 3.55. The second-order valence-corrected chi connectivity index (χ2v) is 5.20. The van der Waals surface area contributed by atoms with E-state index < -0.39 is 11.2 Å². The first-order valence-electron chi connectivity index (χ1n) is 6.25. The Morgan fingerprint density at radius 3 is 2.47 bits per heavy atom. The summed E-state index contributed by atoms with van der Waals surface area (Å²) in [6.45, 7) is 2.73. The summed E-state index contributed by atoms with van der Waals surface area (Å²) in [5.74, 6) is 0.735. The van der Waals surface area contributed by atoms with Gasteiger partial charge in [0.2, 0.25) is 0 Å². The van der Waals surface area contributed by atoms with Crippen molar-refractivity contribution in [3.05, 3.63) is 23.5 Å². The minimum atomic E-state index is -0.530. The normalized spacial score (nSPS) is 24.3. The summed E-state index contributed by atoms with van der Waals surface area (Å²) >= 11 is 6.38. The highest BCUT2D eigenvalue weighted by Crippen LogP contribution is 2.40. The summed E-state index contributed by atoms with van der Waals surface area (Å²) in [6.07, 6.45) is 0.775. The Kier molecular flexibility index (Phi) is 4.53. The molecule has 0 saturated carbocycles. The molecule has 19 heavy (non-hydrogen) atoms. The summed E-state index contributed by atoms with van der Waals surface area (Å²) in [5.41, 5.74) is 0.387. The molecule has 0 aliphatic carbocycles. The van der Waals surface area contributed by atoms with E-state index in [0.29, 0.717) is 29.6 Å². The maximum Gasteiger partial charge on any atom is 0.163 e. The second-order valence-electron chi connectivity index (χ2n) is 4.73. The zero-order valence-corrected chi connectivity index (χ0v) is 12.0. The maximum absolute atomic E-state index is 14.1. The van der Waals surface area contributed by atoms with Crippen LogP contribution in [-0.2, 0) is 4.74 Å². The molecule has 0 bridgehead atoms. The first kappa shape index (κ1) is 14.4. The number of hydrogen-bond donors (Lipinski definition) is 0. The van der Waals surface area contributed by atoms with Gasteiger partial charge in [0.1, 0.15) is 5.82 Å². The molecule has 3 atom stereocenters. The largest absolute Gasteiger partial charge is 0.493 e. The number of alkyl halides is 1. The Morgan fingerprint density at radius 2 is 1.95 bits per heavy atom. The van der Waals surface area contributed by atoms with Crippen LogP contribution in [0.5, 0.6) is 11.5 Å². The third kappa shape index (κ3) is 2.79. The first-order valence-corrected chi connectivity index (χ1v) is 6.69. The van der Waals surface area contributed by atoms with E-state index in [9.17, 15) is 4.39 Å². The van der Waals surface area contributed by atoms with Crippen LogP contribution in [0.2, 0.25) is 0 Å². The minimum Gasteiger partial charge on any atom is -0.493 e. The monoisotopic (exact) mass is 288 g/mol. The topological polar surface area (TPSA) is 27.7 Å². The molecule has 0 aromatic heterocycles. The van der Waals surface area contributed by atoms with Gasteiger partial charge in [-0.05, 0) is 18.4 Å². The Bertz CT molecular complexity index is 453. The Labute approximate surface area is 117 Å². The van der Waals surface area contributed by atoms with Gasteiger partial charge in [-0.3, -0.25) is 0 Å². The Morgan fingerprint density at radius 1 is 1.32 bits per heavy atom. The molecule has 0 radical (unpaired) electrons. The molecule has 3 nitrogen and oxygen atoms in total. The van der Waals surface area contributed by atoms with Gasteiger partial charge in [0.25, 0.3) is 0 Å². The molecule has 0 amide bonds. The zero-order valence-electron chi connectivity index (χ0n) is 11.3. The summed E-state index contributed by atoms with van der Waals surface area (Å²) < 4.78 is 29.9. The lowest BCUT2D eigenvalue weighted by atomic mass is 9.96. The van der Waals surface area contributed by atoms with E-state index in [1.165, 1.54) is 20.3 Å². The molecular weight excluding hydrogens is 271 g/mol. The molecule has 1 saturated heterocycles. The van der Waals surface area contributed by atoms with Gasteiger partial charge in [-0.1, -0.05) is 6.92 Å². The summed E-state index contributed by atoms with van der Waals surface area (Å²) in [5, 5.41) is -0.530. The highest BCUT2D eigenvalue weighted by Gasteiger charge is 2.33. The number of rotatable bonds is 4. The minimum absolute atomic E-state index is 0.172. The van der Waals surface area contributed by atoms with Crippen LogP contribution in [0.1, 0.15) is 24.3 Å². The molecule has 2 rings (SSSR count). The van der Waals surface area contributed by atoms with E-state index in [4.69, 9.17) is 25.8 Å². The molecular formula is C14H18ClFO3. The standard InChI is InChI=1S/C14H18ClFO3/c1-8-4-5-19-14(8)13(15)9-6-11(17-2)12(18-3)7-10(9)16/h6-8,13-14H,4-5H2,1-3H3. The fourth-order valence-corrected chi connectivity index (χ4v) is 2.84. The van der Waals surface area contributed by atoms with Gasteiger partial charge in [0.15, 0.2) is 11.5 Å². The lowest BCUT2D eigenvalue weighted by Gasteiger charge is -2.22. The number of methoxy groups -OCH3 is 2. The molecule has 1 aromatic carbocycles. The second kappa shape index (κ2) is 5.97. The molecule has 0 N–H and O–H groups in total. The summed E-state index contributed by atoms with van der Waals surface area (Å²) in [6, 6.07) is 2.88. The fourth-order valence-electron chi connectivity index (χ4n) is 2.35. The Balaban J connectivity index is 2.33. The molecule has 1 aliphatic rings. The van der Waals surface area contributed by atoms with Crippen molar-refractivity contribution in [2.24, 2.45) is 5.92 Å². The van der Waals surface area contributed by atoms with Crippen molar-refractivity contribution < 1.29 is 18.6 Å². The smallest absolute Gasteiger partial charge is 0.163 e. The number of benzene rings is 1. The summed E-state index contributed by atoms with van der Waals surface area (Å²) in [7, 11) is 2.98. The van der Waals surface area contributed by atoms with Crippen molar-refractivity contribution >= 4 is 11.6 Å². The van der Waals surface area contributed by atoms with Gasteiger partial charge in [-0.25, -0.2) is 4.39 Å². The average molecular weight is 289 g/mol. The lowest BCUT2D eigenvalue weighted by molar-refractivity contribution is 0.0895. The molecule has 1 fully saturated rings. The quantitative estimate of drug-likeness (QED) is 0.793. The van der Waals surface area contributed by atoms with Crippen LogP contribution in [0.15, 0.2) is 12.1 Å².